The molecule has 2 nitrogen and oxygen atoms in total. The van der Waals surface area contributed by atoms with Gasteiger partial charge in [0.15, 0.2) is 0 Å². The zero-order valence-electron chi connectivity index (χ0n) is 9.36. The maximum atomic E-state index is 5.97. The van der Waals surface area contributed by atoms with Crippen molar-refractivity contribution in [3.63, 3.8) is 0 Å². The predicted octanol–water partition coefficient (Wildman–Crippen LogP) is 3.92. The van der Waals surface area contributed by atoms with Crippen molar-refractivity contribution >= 4 is 35.6 Å². The van der Waals surface area contributed by atoms with E-state index in [1.807, 2.05) is 6.07 Å². The Morgan fingerprint density at radius 1 is 1.24 bits per heavy atom. The minimum absolute atomic E-state index is 0. The molecule has 1 aromatic rings. The lowest BCUT2D eigenvalue weighted by molar-refractivity contribution is 0.239. The van der Waals surface area contributed by atoms with Crippen molar-refractivity contribution in [2.45, 2.75) is 25.3 Å². The van der Waals surface area contributed by atoms with Crippen LogP contribution in [0.2, 0.25) is 10.0 Å². The summed E-state index contributed by atoms with van der Waals surface area (Å²) < 4.78 is 5.67. The fourth-order valence-corrected chi connectivity index (χ4v) is 2.33. The van der Waals surface area contributed by atoms with Gasteiger partial charge in [-0.25, -0.2) is 0 Å². The average Bonchev–Trinajstić information content (AvgIpc) is 2.66. The number of hydrogen-bond acceptors (Lipinski definition) is 2. The quantitative estimate of drug-likeness (QED) is 0.917. The molecule has 2 N–H and O–H groups in total. The van der Waals surface area contributed by atoms with Crippen molar-refractivity contribution in [1.82, 2.24) is 0 Å². The van der Waals surface area contributed by atoms with Gasteiger partial charge in [-0.05, 0) is 25.0 Å². The minimum atomic E-state index is 0. The third-order valence-corrected chi connectivity index (χ3v) is 3.81. The maximum Gasteiger partial charge on any atom is 0.120 e. The van der Waals surface area contributed by atoms with Crippen LogP contribution < -0.4 is 10.5 Å². The highest BCUT2D eigenvalue weighted by atomic mass is 35.5. The third-order valence-electron chi connectivity index (χ3n) is 3.07. The van der Waals surface area contributed by atoms with Gasteiger partial charge in [0.1, 0.15) is 5.75 Å². The number of hydrogen-bond donors (Lipinski definition) is 1. The van der Waals surface area contributed by atoms with Gasteiger partial charge in [-0.2, -0.15) is 0 Å². The molecule has 1 aromatic carbocycles. The van der Waals surface area contributed by atoms with Crippen LogP contribution in [0.15, 0.2) is 18.2 Å². The summed E-state index contributed by atoms with van der Waals surface area (Å²) in [6.45, 7) is 0.666. The zero-order valence-corrected chi connectivity index (χ0v) is 11.7. The average molecular weight is 297 g/mol. The van der Waals surface area contributed by atoms with E-state index in [0.717, 1.165) is 18.6 Å². The zero-order chi connectivity index (χ0) is 11.5. The first-order chi connectivity index (χ1) is 7.66. The summed E-state index contributed by atoms with van der Waals surface area (Å²) in [6.07, 6.45) is 3.47. The predicted molar refractivity (Wildman–Crippen MR) is 74.5 cm³/mol. The van der Waals surface area contributed by atoms with Gasteiger partial charge in [-0.3, -0.25) is 0 Å². The first kappa shape index (κ1) is 14.9. The molecule has 17 heavy (non-hydrogen) atoms. The molecule has 2 rings (SSSR count). The van der Waals surface area contributed by atoms with Gasteiger partial charge in [0.25, 0.3) is 0 Å². The van der Waals surface area contributed by atoms with Crippen molar-refractivity contribution < 1.29 is 4.74 Å². The summed E-state index contributed by atoms with van der Waals surface area (Å²) in [5.74, 6) is 1.22. The Kier molecular flexibility index (Phi) is 5.87. The summed E-state index contributed by atoms with van der Waals surface area (Å²) in [4.78, 5) is 0. The lowest BCUT2D eigenvalue weighted by Crippen LogP contribution is -2.28. The van der Waals surface area contributed by atoms with Crippen LogP contribution in [0.4, 0.5) is 0 Å². The van der Waals surface area contributed by atoms with E-state index >= 15 is 0 Å². The van der Waals surface area contributed by atoms with Crippen molar-refractivity contribution in [1.29, 1.82) is 0 Å². The van der Waals surface area contributed by atoms with E-state index in [1.165, 1.54) is 6.42 Å². The van der Waals surface area contributed by atoms with Gasteiger partial charge in [-0.15, -0.1) is 12.4 Å². The topological polar surface area (TPSA) is 35.2 Å². The smallest absolute Gasteiger partial charge is 0.120 e. The van der Waals surface area contributed by atoms with Gasteiger partial charge in [-0.1, -0.05) is 29.6 Å². The van der Waals surface area contributed by atoms with E-state index < -0.39 is 0 Å². The molecule has 0 aromatic heterocycles. The number of rotatable bonds is 3. The molecular weight excluding hydrogens is 280 g/mol. The number of nitrogens with two attached hydrogens (primary N) is 1. The molecule has 0 amide bonds. The molecule has 5 heteroatoms. The van der Waals surface area contributed by atoms with E-state index in [1.54, 1.807) is 12.1 Å². The Hall–Kier alpha value is -0.150. The van der Waals surface area contributed by atoms with E-state index in [9.17, 15) is 0 Å². The third kappa shape index (κ3) is 3.92. The van der Waals surface area contributed by atoms with Gasteiger partial charge >= 0.3 is 0 Å². The number of benzene rings is 1. The maximum absolute atomic E-state index is 5.97. The molecule has 96 valence electrons. The molecule has 0 bridgehead atoms. The molecule has 0 saturated heterocycles. The Labute approximate surface area is 118 Å². The van der Waals surface area contributed by atoms with Crippen LogP contribution in [-0.4, -0.2) is 12.6 Å². The summed E-state index contributed by atoms with van der Waals surface area (Å²) in [5, 5.41) is 1.07. The van der Waals surface area contributed by atoms with Crippen LogP contribution in [0.1, 0.15) is 19.3 Å². The molecule has 0 aliphatic heterocycles. The van der Waals surface area contributed by atoms with E-state index in [0.29, 0.717) is 22.6 Å². The lowest BCUT2D eigenvalue weighted by atomic mass is 10.1. The highest BCUT2D eigenvalue weighted by molar-refractivity contribution is 6.42. The Bertz CT molecular complexity index is 373. The van der Waals surface area contributed by atoms with Crippen LogP contribution in [0.5, 0.6) is 5.75 Å². The lowest BCUT2D eigenvalue weighted by Gasteiger charge is -2.16. The molecule has 1 fully saturated rings. The standard InChI is InChI=1S/C12H15Cl2NO.ClH/c13-10-5-4-9(6-11(10)14)16-7-8-2-1-3-12(8)15;/h4-6,8,12H,1-3,7,15H2;1H/t8-,12-;/m1./s1. The van der Waals surface area contributed by atoms with Crippen LogP contribution in [0, 0.1) is 5.92 Å². The fourth-order valence-electron chi connectivity index (χ4n) is 2.04. The monoisotopic (exact) mass is 295 g/mol. The van der Waals surface area contributed by atoms with Gasteiger partial charge in [0.05, 0.1) is 16.7 Å². The molecule has 1 aliphatic rings. The Morgan fingerprint density at radius 2 is 2.00 bits per heavy atom. The first-order valence-corrected chi connectivity index (χ1v) is 6.26. The highest BCUT2D eigenvalue weighted by Crippen LogP contribution is 2.28. The molecule has 0 radical (unpaired) electrons. The van der Waals surface area contributed by atoms with Crippen LogP contribution in [0.25, 0.3) is 0 Å². The van der Waals surface area contributed by atoms with E-state index in [2.05, 4.69) is 0 Å². The van der Waals surface area contributed by atoms with Crippen LogP contribution >= 0.6 is 35.6 Å². The van der Waals surface area contributed by atoms with Gasteiger partial charge in [0, 0.05) is 18.0 Å². The van der Waals surface area contributed by atoms with Crippen molar-refractivity contribution in [3.05, 3.63) is 28.2 Å². The second-order valence-electron chi connectivity index (χ2n) is 4.24. The second kappa shape index (κ2) is 6.69. The van der Waals surface area contributed by atoms with E-state index in [4.69, 9.17) is 33.7 Å². The Morgan fingerprint density at radius 3 is 2.59 bits per heavy atom. The van der Waals surface area contributed by atoms with E-state index in [-0.39, 0.29) is 18.4 Å². The molecule has 1 saturated carbocycles. The normalized spacial score (nSPS) is 23.2. The fraction of sp³-hybridized carbons (Fsp3) is 0.500. The highest BCUT2D eigenvalue weighted by Gasteiger charge is 2.24. The summed E-state index contributed by atoms with van der Waals surface area (Å²) in [7, 11) is 0. The summed E-state index contributed by atoms with van der Waals surface area (Å²) in [6, 6.07) is 5.59. The summed E-state index contributed by atoms with van der Waals surface area (Å²) in [5.41, 5.74) is 5.97. The Balaban J connectivity index is 0.00000144. The van der Waals surface area contributed by atoms with Gasteiger partial charge < -0.3 is 10.5 Å². The molecule has 1 aliphatic carbocycles. The molecule has 0 spiro atoms. The van der Waals surface area contributed by atoms with Crippen LogP contribution in [-0.2, 0) is 0 Å². The van der Waals surface area contributed by atoms with Crippen LogP contribution in [0.3, 0.4) is 0 Å². The molecule has 2 atom stereocenters. The van der Waals surface area contributed by atoms with Crippen molar-refractivity contribution in [2.75, 3.05) is 6.61 Å². The minimum Gasteiger partial charge on any atom is -0.493 e. The van der Waals surface area contributed by atoms with Crippen molar-refractivity contribution in [2.24, 2.45) is 11.7 Å². The molecule has 0 heterocycles. The summed E-state index contributed by atoms with van der Waals surface area (Å²) >= 11 is 11.7. The first-order valence-electron chi connectivity index (χ1n) is 5.50. The van der Waals surface area contributed by atoms with Gasteiger partial charge in [0.2, 0.25) is 0 Å². The molecule has 0 unspecified atom stereocenters. The second-order valence-corrected chi connectivity index (χ2v) is 5.06. The SMILES string of the molecule is Cl.N[C@@H]1CCC[C@@H]1COc1ccc(Cl)c(Cl)c1. The largest absolute Gasteiger partial charge is 0.493 e. The number of ether oxygens (including phenoxy) is 1. The molecular formula is C12H16Cl3NO. The van der Waals surface area contributed by atoms with Crippen molar-refractivity contribution in [3.8, 4) is 5.75 Å². The number of halogens is 3.